The number of hydrogen-bond acceptors (Lipinski definition) is 5. The number of rotatable bonds is 4. The number of carbonyl (C=O) groups excluding carboxylic acids is 1. The molecular formula is C21H24N2O4S. The second-order valence-corrected chi connectivity index (χ2v) is 9.63. The zero-order chi connectivity index (χ0) is 20.7. The smallest absolute Gasteiger partial charge is 0.310 e. The van der Waals surface area contributed by atoms with Gasteiger partial charge in [-0.25, -0.2) is 0 Å². The summed E-state index contributed by atoms with van der Waals surface area (Å²) in [5.74, 6) is -0.365. The second kappa shape index (κ2) is 7.05. The standard InChI is InChI=1S/C21H24N2O4S/c1-14-6-9-17(10-7-14)28(25,26)23-19-12-16(8-11-18(19)15(2)22-23)13-20(24)27-21(3,4)5/h6-12H,13H2,1-5H3. The average Bonchev–Trinajstić information content (AvgIpc) is 2.90. The van der Waals surface area contributed by atoms with Crippen molar-refractivity contribution in [2.75, 3.05) is 0 Å². The summed E-state index contributed by atoms with van der Waals surface area (Å²) in [5.41, 5.74) is 2.12. The van der Waals surface area contributed by atoms with E-state index in [-0.39, 0.29) is 17.3 Å². The first-order valence-corrected chi connectivity index (χ1v) is 10.4. The van der Waals surface area contributed by atoms with E-state index in [0.29, 0.717) is 16.8 Å². The van der Waals surface area contributed by atoms with E-state index in [0.717, 1.165) is 15.0 Å². The van der Waals surface area contributed by atoms with Crippen LogP contribution in [-0.2, 0) is 26.0 Å². The first-order valence-electron chi connectivity index (χ1n) is 9.00. The summed E-state index contributed by atoms with van der Waals surface area (Å²) in [6.07, 6.45) is 0.0576. The Hall–Kier alpha value is -2.67. The van der Waals surface area contributed by atoms with Gasteiger partial charge in [0.25, 0.3) is 10.0 Å². The Labute approximate surface area is 165 Å². The Kier molecular flexibility index (Phi) is 5.06. The Bertz CT molecular complexity index is 1140. The highest BCUT2D eigenvalue weighted by molar-refractivity contribution is 7.90. The van der Waals surface area contributed by atoms with Gasteiger partial charge in [-0.2, -0.15) is 17.6 Å². The predicted octanol–water partition coefficient (Wildman–Crippen LogP) is 3.77. The molecule has 0 saturated heterocycles. The van der Waals surface area contributed by atoms with Crippen molar-refractivity contribution in [2.45, 2.75) is 51.5 Å². The maximum Gasteiger partial charge on any atom is 0.310 e. The number of carbonyl (C=O) groups is 1. The minimum Gasteiger partial charge on any atom is -0.460 e. The fraction of sp³-hybridized carbons (Fsp3) is 0.333. The molecule has 0 atom stereocenters. The third-order valence-electron chi connectivity index (χ3n) is 4.21. The van der Waals surface area contributed by atoms with Crippen molar-refractivity contribution >= 4 is 26.9 Å². The first kappa shape index (κ1) is 20.1. The maximum atomic E-state index is 13.1. The van der Waals surface area contributed by atoms with Crippen molar-refractivity contribution in [3.05, 3.63) is 59.3 Å². The van der Waals surface area contributed by atoms with Crippen LogP contribution in [0.3, 0.4) is 0 Å². The predicted molar refractivity (Wildman–Crippen MR) is 108 cm³/mol. The number of esters is 1. The van der Waals surface area contributed by atoms with Gasteiger partial charge >= 0.3 is 5.97 Å². The van der Waals surface area contributed by atoms with E-state index in [1.54, 1.807) is 70.2 Å². The van der Waals surface area contributed by atoms with Crippen molar-refractivity contribution in [3.63, 3.8) is 0 Å². The molecule has 3 aromatic rings. The summed E-state index contributed by atoms with van der Waals surface area (Å²) in [7, 11) is -3.85. The minimum absolute atomic E-state index is 0.0576. The van der Waals surface area contributed by atoms with Gasteiger partial charge in [0.05, 0.1) is 22.5 Å². The van der Waals surface area contributed by atoms with Gasteiger partial charge in [0.15, 0.2) is 0 Å². The molecule has 0 fully saturated rings. The molecule has 0 amide bonds. The zero-order valence-corrected chi connectivity index (χ0v) is 17.5. The number of aromatic nitrogens is 2. The summed E-state index contributed by atoms with van der Waals surface area (Å²) in [4.78, 5) is 12.3. The molecule has 0 N–H and O–H groups in total. The fourth-order valence-corrected chi connectivity index (χ4v) is 4.25. The van der Waals surface area contributed by atoms with E-state index in [1.807, 2.05) is 6.92 Å². The highest BCUT2D eigenvalue weighted by atomic mass is 32.2. The van der Waals surface area contributed by atoms with E-state index in [1.165, 1.54) is 0 Å². The van der Waals surface area contributed by atoms with E-state index in [2.05, 4.69) is 5.10 Å². The van der Waals surface area contributed by atoms with Crippen molar-refractivity contribution in [1.29, 1.82) is 0 Å². The number of fused-ring (bicyclic) bond motifs is 1. The van der Waals surface area contributed by atoms with Gasteiger partial charge in [0, 0.05) is 5.39 Å². The second-order valence-electron chi connectivity index (χ2n) is 7.86. The molecule has 1 heterocycles. The van der Waals surface area contributed by atoms with E-state index in [9.17, 15) is 13.2 Å². The molecule has 0 aliphatic heterocycles. The van der Waals surface area contributed by atoms with Crippen LogP contribution < -0.4 is 0 Å². The van der Waals surface area contributed by atoms with Crippen LogP contribution in [0, 0.1) is 13.8 Å². The van der Waals surface area contributed by atoms with Crippen LogP contribution in [0.2, 0.25) is 0 Å². The van der Waals surface area contributed by atoms with Gasteiger partial charge in [0.1, 0.15) is 5.60 Å². The number of hydrogen-bond donors (Lipinski definition) is 0. The normalized spacial score (nSPS) is 12.3. The van der Waals surface area contributed by atoms with Gasteiger partial charge in [0.2, 0.25) is 0 Å². The molecule has 148 valence electrons. The van der Waals surface area contributed by atoms with Gasteiger partial charge in [-0.15, -0.1) is 0 Å². The molecule has 6 nitrogen and oxygen atoms in total. The van der Waals surface area contributed by atoms with Crippen LogP contribution in [0.15, 0.2) is 47.4 Å². The molecule has 0 radical (unpaired) electrons. The lowest BCUT2D eigenvalue weighted by Crippen LogP contribution is -2.24. The summed E-state index contributed by atoms with van der Waals surface area (Å²) < 4.78 is 32.6. The largest absolute Gasteiger partial charge is 0.460 e. The van der Waals surface area contributed by atoms with Gasteiger partial charge in [-0.05, 0) is 58.4 Å². The third-order valence-corrected chi connectivity index (χ3v) is 5.82. The Morgan fingerprint density at radius 3 is 2.32 bits per heavy atom. The Morgan fingerprint density at radius 2 is 1.71 bits per heavy atom. The molecule has 3 rings (SSSR count). The number of ether oxygens (including phenoxy) is 1. The quantitative estimate of drug-likeness (QED) is 0.623. The first-order chi connectivity index (χ1) is 13.0. The van der Waals surface area contributed by atoms with Crippen LogP contribution in [0.1, 0.15) is 37.6 Å². The Balaban J connectivity index is 2.04. The van der Waals surface area contributed by atoms with E-state index in [4.69, 9.17) is 4.74 Å². The SMILES string of the molecule is Cc1ccc(S(=O)(=O)n2nc(C)c3ccc(CC(=O)OC(C)(C)C)cc32)cc1. The van der Waals surface area contributed by atoms with Gasteiger partial charge in [-0.3, -0.25) is 4.79 Å². The Morgan fingerprint density at radius 1 is 1.07 bits per heavy atom. The molecule has 1 aromatic heterocycles. The van der Waals surface area contributed by atoms with E-state index < -0.39 is 15.6 Å². The molecule has 0 saturated carbocycles. The van der Waals surface area contributed by atoms with Crippen LogP contribution >= 0.6 is 0 Å². The lowest BCUT2D eigenvalue weighted by molar-refractivity contribution is -0.153. The minimum atomic E-state index is -3.85. The highest BCUT2D eigenvalue weighted by Crippen LogP contribution is 2.25. The van der Waals surface area contributed by atoms with Crippen LogP contribution in [0.5, 0.6) is 0 Å². The van der Waals surface area contributed by atoms with Crippen molar-refractivity contribution in [1.82, 2.24) is 9.19 Å². The van der Waals surface area contributed by atoms with Crippen LogP contribution in [0.4, 0.5) is 0 Å². The average molecular weight is 401 g/mol. The fourth-order valence-electron chi connectivity index (χ4n) is 2.93. The third kappa shape index (κ3) is 4.09. The highest BCUT2D eigenvalue weighted by Gasteiger charge is 2.23. The van der Waals surface area contributed by atoms with Crippen LogP contribution in [-0.4, -0.2) is 29.2 Å². The molecule has 0 aliphatic carbocycles. The number of nitrogens with zero attached hydrogens (tertiary/aromatic N) is 2. The van der Waals surface area contributed by atoms with Crippen molar-refractivity contribution in [3.8, 4) is 0 Å². The lowest BCUT2D eigenvalue weighted by atomic mass is 10.1. The maximum absolute atomic E-state index is 13.1. The van der Waals surface area contributed by atoms with Gasteiger partial charge in [-0.1, -0.05) is 29.8 Å². The molecule has 28 heavy (non-hydrogen) atoms. The van der Waals surface area contributed by atoms with Gasteiger partial charge < -0.3 is 4.74 Å². The number of benzene rings is 2. The molecular weight excluding hydrogens is 376 g/mol. The molecule has 7 heteroatoms. The monoisotopic (exact) mass is 400 g/mol. The summed E-state index contributed by atoms with van der Waals surface area (Å²) in [6.45, 7) is 9.08. The lowest BCUT2D eigenvalue weighted by Gasteiger charge is -2.19. The number of aryl methyl sites for hydroxylation is 2. The summed E-state index contributed by atoms with van der Waals surface area (Å²) in [5, 5.41) is 4.98. The molecule has 0 bridgehead atoms. The zero-order valence-electron chi connectivity index (χ0n) is 16.7. The van der Waals surface area contributed by atoms with E-state index >= 15 is 0 Å². The van der Waals surface area contributed by atoms with Crippen LogP contribution in [0.25, 0.3) is 10.9 Å². The molecule has 0 aliphatic rings. The molecule has 2 aromatic carbocycles. The summed E-state index contributed by atoms with van der Waals surface area (Å²) >= 11 is 0. The summed E-state index contributed by atoms with van der Waals surface area (Å²) in [6, 6.07) is 11.9. The van der Waals surface area contributed by atoms with Crippen molar-refractivity contribution in [2.24, 2.45) is 0 Å². The topological polar surface area (TPSA) is 78.3 Å². The van der Waals surface area contributed by atoms with Crippen molar-refractivity contribution < 1.29 is 17.9 Å². The molecule has 0 unspecified atom stereocenters. The molecule has 0 spiro atoms.